The van der Waals surface area contributed by atoms with Gasteiger partial charge in [-0.25, -0.2) is 18.4 Å². The zero-order valence-corrected chi connectivity index (χ0v) is 20.4. The van der Waals surface area contributed by atoms with Crippen molar-refractivity contribution in [2.45, 2.75) is 37.0 Å². The van der Waals surface area contributed by atoms with Gasteiger partial charge >= 0.3 is 0 Å². The van der Waals surface area contributed by atoms with Gasteiger partial charge in [-0.3, -0.25) is 9.29 Å². The van der Waals surface area contributed by atoms with Crippen LogP contribution in [0.3, 0.4) is 0 Å². The van der Waals surface area contributed by atoms with E-state index in [2.05, 4.69) is 34.9 Å². The number of sulfonamides is 1. The van der Waals surface area contributed by atoms with Crippen LogP contribution in [0.5, 0.6) is 11.8 Å². The third-order valence-electron chi connectivity index (χ3n) is 5.29. The van der Waals surface area contributed by atoms with E-state index < -0.39 is 21.4 Å². The lowest BCUT2D eigenvalue weighted by atomic mass is 10.2. The Morgan fingerprint density at radius 2 is 1.68 bits per heavy atom. The van der Waals surface area contributed by atoms with Gasteiger partial charge in [0.1, 0.15) is 23.5 Å². The molecular weight excluding hydrogens is 488 g/mol. The minimum Gasteiger partial charge on any atom is -0.479 e. The monoisotopic (exact) mass is 510 g/mol. The number of rotatable bonds is 10. The molecule has 182 valence electrons. The fraction of sp³-hybridized carbons (Fsp3) is 0.474. The molecule has 1 saturated carbocycles. The highest BCUT2D eigenvalue weighted by Gasteiger charge is 2.37. The molecule has 13 nitrogen and oxygen atoms in total. The van der Waals surface area contributed by atoms with Gasteiger partial charge in [-0.15, -0.1) is 10.2 Å². The summed E-state index contributed by atoms with van der Waals surface area (Å²) in [5.74, 6) is 1.10. The molecular formula is C19H23ClN8O5S. The fourth-order valence-electron chi connectivity index (χ4n) is 3.39. The Bertz CT molecular complexity index is 1240. The summed E-state index contributed by atoms with van der Waals surface area (Å²) in [6.07, 6.45) is 4.82. The maximum absolute atomic E-state index is 13.4. The minimum atomic E-state index is -4.08. The summed E-state index contributed by atoms with van der Waals surface area (Å²) in [5.41, 5.74) is 0.286. The van der Waals surface area contributed by atoms with Crippen molar-refractivity contribution in [2.75, 3.05) is 26.1 Å². The van der Waals surface area contributed by atoms with E-state index in [9.17, 15) is 8.42 Å². The smallest absolute Gasteiger partial charge is 0.245 e. The molecule has 1 aliphatic rings. The van der Waals surface area contributed by atoms with E-state index in [0.29, 0.717) is 10.8 Å². The summed E-state index contributed by atoms with van der Waals surface area (Å²) in [7, 11) is 0.172. The number of nitrogens with zero attached hydrogens (tertiary/aromatic N) is 7. The molecule has 0 amide bonds. The average Bonchev–Trinajstić information content (AvgIpc) is 3.60. The standard InChI is InChI=1S/C19H23ClN8O5S/c1-10(14(31-2)15-21-7-12(20)8-22-15)34(29,30)27-19-26-25-16(11-5-6-11)28(19)13-17(32-3)23-9-24-18(13)33-4/h7-11,14H,5-6H2,1-4H3,(H,26,27)/t10-,14-/m0/s1. The van der Waals surface area contributed by atoms with Gasteiger partial charge in [0.25, 0.3) is 0 Å². The van der Waals surface area contributed by atoms with Gasteiger partial charge in [0.2, 0.25) is 27.7 Å². The van der Waals surface area contributed by atoms with E-state index in [0.717, 1.165) is 12.8 Å². The highest BCUT2D eigenvalue weighted by atomic mass is 35.5. The highest BCUT2D eigenvalue weighted by Crippen LogP contribution is 2.43. The zero-order chi connectivity index (χ0) is 24.5. The van der Waals surface area contributed by atoms with Crippen LogP contribution in [0, 0.1) is 0 Å². The van der Waals surface area contributed by atoms with Gasteiger partial charge in [-0.2, -0.15) is 9.97 Å². The molecule has 0 spiro atoms. The Kier molecular flexibility index (Phi) is 6.81. The van der Waals surface area contributed by atoms with Crippen molar-refractivity contribution in [1.29, 1.82) is 0 Å². The van der Waals surface area contributed by atoms with E-state index in [4.69, 9.17) is 25.8 Å². The van der Waals surface area contributed by atoms with Crippen molar-refractivity contribution in [3.8, 4) is 17.4 Å². The van der Waals surface area contributed by atoms with Crippen molar-refractivity contribution in [3.05, 3.63) is 35.4 Å². The van der Waals surface area contributed by atoms with Gasteiger partial charge in [0, 0.05) is 25.4 Å². The van der Waals surface area contributed by atoms with Crippen molar-refractivity contribution in [1.82, 2.24) is 34.7 Å². The largest absolute Gasteiger partial charge is 0.479 e. The molecule has 34 heavy (non-hydrogen) atoms. The van der Waals surface area contributed by atoms with Crippen LogP contribution in [0.15, 0.2) is 18.7 Å². The predicted octanol–water partition coefficient (Wildman–Crippen LogP) is 1.91. The Balaban J connectivity index is 1.74. The topological polar surface area (TPSA) is 156 Å². The van der Waals surface area contributed by atoms with Gasteiger partial charge < -0.3 is 14.2 Å². The Labute approximate surface area is 200 Å². The van der Waals surface area contributed by atoms with Crippen LogP contribution in [0.4, 0.5) is 5.95 Å². The number of anilines is 1. The lowest BCUT2D eigenvalue weighted by Gasteiger charge is -2.22. The predicted molar refractivity (Wildman–Crippen MR) is 121 cm³/mol. The molecule has 0 aliphatic heterocycles. The quantitative estimate of drug-likeness (QED) is 0.424. The molecule has 0 bridgehead atoms. The van der Waals surface area contributed by atoms with Crippen LogP contribution in [0.1, 0.15) is 43.4 Å². The van der Waals surface area contributed by atoms with Crippen molar-refractivity contribution < 1.29 is 22.6 Å². The zero-order valence-electron chi connectivity index (χ0n) is 18.8. The van der Waals surface area contributed by atoms with Crippen LogP contribution in [-0.2, 0) is 14.8 Å². The number of aromatic nitrogens is 7. The van der Waals surface area contributed by atoms with Crippen LogP contribution in [-0.4, -0.2) is 69.7 Å². The normalized spacial score (nSPS) is 15.6. The van der Waals surface area contributed by atoms with Crippen molar-refractivity contribution in [3.63, 3.8) is 0 Å². The van der Waals surface area contributed by atoms with E-state index in [1.165, 1.54) is 51.5 Å². The summed E-state index contributed by atoms with van der Waals surface area (Å²) in [4.78, 5) is 16.4. The first-order valence-electron chi connectivity index (χ1n) is 10.2. The molecule has 1 N–H and O–H groups in total. The third-order valence-corrected chi connectivity index (χ3v) is 7.18. The maximum atomic E-state index is 13.4. The maximum Gasteiger partial charge on any atom is 0.245 e. The Hall–Kier alpha value is -3.10. The average molecular weight is 511 g/mol. The number of nitrogens with one attached hydrogen (secondary N) is 1. The molecule has 0 aromatic carbocycles. The van der Waals surface area contributed by atoms with Crippen molar-refractivity contribution in [2.24, 2.45) is 0 Å². The molecule has 3 heterocycles. The molecule has 15 heteroatoms. The number of hydrogen-bond acceptors (Lipinski definition) is 11. The first-order valence-corrected chi connectivity index (χ1v) is 12.1. The van der Waals surface area contributed by atoms with Gasteiger partial charge in [0.15, 0.2) is 11.5 Å². The van der Waals surface area contributed by atoms with Gasteiger partial charge in [-0.1, -0.05) is 11.6 Å². The Morgan fingerprint density at radius 3 is 2.21 bits per heavy atom. The molecule has 0 radical (unpaired) electrons. The summed E-state index contributed by atoms with van der Waals surface area (Å²) in [5, 5.41) is 7.55. The van der Waals surface area contributed by atoms with Crippen LogP contribution >= 0.6 is 11.6 Å². The second-order valence-electron chi connectivity index (χ2n) is 7.50. The first-order chi connectivity index (χ1) is 16.3. The number of ether oxygens (including phenoxy) is 3. The number of hydrogen-bond donors (Lipinski definition) is 1. The molecule has 3 aromatic heterocycles. The molecule has 1 fully saturated rings. The number of methoxy groups -OCH3 is 3. The Morgan fingerprint density at radius 1 is 1.06 bits per heavy atom. The van der Waals surface area contributed by atoms with E-state index in [1.807, 2.05) is 0 Å². The molecule has 0 saturated heterocycles. The second-order valence-corrected chi connectivity index (χ2v) is 9.97. The molecule has 2 atom stereocenters. The van der Waals surface area contributed by atoms with Crippen molar-refractivity contribution >= 4 is 27.6 Å². The number of halogens is 1. The third kappa shape index (κ3) is 4.60. The molecule has 0 unspecified atom stereocenters. The summed E-state index contributed by atoms with van der Waals surface area (Å²) < 4.78 is 47.0. The van der Waals surface area contributed by atoms with Gasteiger partial charge in [0.05, 0.1) is 19.2 Å². The fourth-order valence-corrected chi connectivity index (χ4v) is 4.61. The molecule has 1 aliphatic carbocycles. The summed E-state index contributed by atoms with van der Waals surface area (Å²) in [6.45, 7) is 1.48. The summed E-state index contributed by atoms with van der Waals surface area (Å²) in [6, 6.07) is 0. The molecule has 4 rings (SSSR count). The lowest BCUT2D eigenvalue weighted by Crippen LogP contribution is -2.33. The SMILES string of the molecule is COc1ncnc(OC)c1-n1c(NS(=O)(=O)[C@@H](C)[C@H](OC)c2ncc(Cl)cn2)nnc1C1CC1. The van der Waals surface area contributed by atoms with Crippen LogP contribution < -0.4 is 14.2 Å². The molecule has 3 aromatic rings. The van der Waals surface area contributed by atoms with Crippen LogP contribution in [0.25, 0.3) is 5.69 Å². The minimum absolute atomic E-state index is 0.0629. The van der Waals surface area contributed by atoms with Gasteiger partial charge in [-0.05, 0) is 19.8 Å². The van der Waals surface area contributed by atoms with E-state index in [1.54, 1.807) is 0 Å². The lowest BCUT2D eigenvalue weighted by molar-refractivity contribution is 0.0950. The second kappa shape index (κ2) is 9.64. The highest BCUT2D eigenvalue weighted by molar-refractivity contribution is 7.93. The summed E-state index contributed by atoms with van der Waals surface area (Å²) >= 11 is 5.85. The first kappa shape index (κ1) is 24.0. The van der Waals surface area contributed by atoms with E-state index >= 15 is 0 Å². The van der Waals surface area contributed by atoms with E-state index in [-0.39, 0.29) is 35.1 Å². The van der Waals surface area contributed by atoms with Crippen LogP contribution in [0.2, 0.25) is 5.02 Å².